The summed E-state index contributed by atoms with van der Waals surface area (Å²) >= 11 is 1.61. The van der Waals surface area contributed by atoms with Gasteiger partial charge in [0.05, 0.1) is 10.6 Å². The van der Waals surface area contributed by atoms with Crippen LogP contribution >= 0.6 is 11.3 Å². The number of amides is 3. The molecule has 3 heterocycles. The van der Waals surface area contributed by atoms with Crippen LogP contribution < -0.4 is 16.0 Å². The van der Waals surface area contributed by atoms with Gasteiger partial charge in [-0.2, -0.15) is 0 Å². The normalized spacial score (nSPS) is 13.2. The van der Waals surface area contributed by atoms with Crippen molar-refractivity contribution in [3.63, 3.8) is 0 Å². The molecule has 0 radical (unpaired) electrons. The summed E-state index contributed by atoms with van der Waals surface area (Å²) in [4.78, 5) is 34.9. The molecule has 0 bridgehead atoms. The third kappa shape index (κ3) is 4.57. The van der Waals surface area contributed by atoms with Gasteiger partial charge in [0.2, 0.25) is 11.9 Å². The molecular weight excluding hydrogens is 400 g/mol. The fourth-order valence-corrected chi connectivity index (χ4v) is 3.97. The summed E-state index contributed by atoms with van der Waals surface area (Å²) < 4.78 is 0. The van der Waals surface area contributed by atoms with Crippen molar-refractivity contribution in [3.05, 3.63) is 48.0 Å². The molecule has 1 aliphatic rings. The fraction of sp³-hybridized carbons (Fsp3) is 0.238. The smallest absolute Gasteiger partial charge is 0.317 e. The van der Waals surface area contributed by atoms with Crippen LogP contribution in [-0.2, 0) is 4.79 Å². The molecule has 30 heavy (non-hydrogen) atoms. The zero-order valence-electron chi connectivity index (χ0n) is 16.5. The van der Waals surface area contributed by atoms with Crippen LogP contribution in [0.4, 0.5) is 16.4 Å². The lowest BCUT2D eigenvalue weighted by atomic mass is 10.0. The molecule has 1 saturated heterocycles. The van der Waals surface area contributed by atoms with Crippen LogP contribution in [0.2, 0.25) is 0 Å². The zero-order valence-corrected chi connectivity index (χ0v) is 17.3. The van der Waals surface area contributed by atoms with Gasteiger partial charge in [-0.05, 0) is 29.1 Å². The SMILES string of the molecule is CC(=O)Nc1ccc(-c2cnc(NCCN3CCNC3=O)nc2-c2cccs2)cc1. The number of benzene rings is 1. The number of aromatic nitrogens is 2. The average molecular weight is 423 g/mol. The molecule has 1 fully saturated rings. The summed E-state index contributed by atoms with van der Waals surface area (Å²) in [5.74, 6) is 0.420. The molecule has 3 amide bonds. The largest absolute Gasteiger partial charge is 0.352 e. The van der Waals surface area contributed by atoms with E-state index < -0.39 is 0 Å². The van der Waals surface area contributed by atoms with Gasteiger partial charge < -0.3 is 20.9 Å². The van der Waals surface area contributed by atoms with Crippen molar-refractivity contribution < 1.29 is 9.59 Å². The van der Waals surface area contributed by atoms with E-state index in [-0.39, 0.29) is 11.9 Å². The highest BCUT2D eigenvalue weighted by Crippen LogP contribution is 2.33. The van der Waals surface area contributed by atoms with Crippen LogP contribution in [0.5, 0.6) is 0 Å². The van der Waals surface area contributed by atoms with E-state index in [1.54, 1.807) is 22.4 Å². The first-order valence-electron chi connectivity index (χ1n) is 9.66. The average Bonchev–Trinajstić information content (AvgIpc) is 3.41. The first-order valence-corrected chi connectivity index (χ1v) is 10.5. The van der Waals surface area contributed by atoms with Gasteiger partial charge in [-0.15, -0.1) is 11.3 Å². The lowest BCUT2D eigenvalue weighted by Gasteiger charge is -2.15. The van der Waals surface area contributed by atoms with E-state index in [2.05, 4.69) is 20.9 Å². The Bertz CT molecular complexity index is 1040. The van der Waals surface area contributed by atoms with E-state index in [4.69, 9.17) is 4.98 Å². The number of nitrogens with one attached hydrogen (secondary N) is 3. The molecule has 154 valence electrons. The van der Waals surface area contributed by atoms with Crippen LogP contribution in [0.1, 0.15) is 6.92 Å². The van der Waals surface area contributed by atoms with E-state index in [1.165, 1.54) is 6.92 Å². The van der Waals surface area contributed by atoms with Crippen molar-refractivity contribution in [2.45, 2.75) is 6.92 Å². The minimum Gasteiger partial charge on any atom is -0.352 e. The van der Waals surface area contributed by atoms with E-state index in [0.717, 1.165) is 33.9 Å². The van der Waals surface area contributed by atoms with Gasteiger partial charge in [0, 0.05) is 50.6 Å². The van der Waals surface area contributed by atoms with Crippen LogP contribution in [0.15, 0.2) is 48.0 Å². The molecule has 0 spiro atoms. The zero-order chi connectivity index (χ0) is 20.9. The molecule has 0 saturated carbocycles. The summed E-state index contributed by atoms with van der Waals surface area (Å²) in [6.07, 6.45) is 1.81. The Morgan fingerprint density at radius 1 is 1.27 bits per heavy atom. The first-order chi connectivity index (χ1) is 14.6. The number of carbonyl (C=O) groups excluding carboxylic acids is 2. The molecule has 0 aliphatic carbocycles. The Morgan fingerprint density at radius 3 is 2.77 bits per heavy atom. The molecule has 4 rings (SSSR count). The highest BCUT2D eigenvalue weighted by Gasteiger charge is 2.18. The lowest BCUT2D eigenvalue weighted by Crippen LogP contribution is -2.32. The van der Waals surface area contributed by atoms with Crippen molar-refractivity contribution in [2.24, 2.45) is 0 Å². The maximum atomic E-state index is 11.6. The van der Waals surface area contributed by atoms with Gasteiger partial charge in [0.25, 0.3) is 0 Å². The van der Waals surface area contributed by atoms with Crippen LogP contribution in [0.25, 0.3) is 21.7 Å². The molecule has 1 aliphatic heterocycles. The quantitative estimate of drug-likeness (QED) is 0.543. The van der Waals surface area contributed by atoms with Crippen LogP contribution in [0.3, 0.4) is 0 Å². The second kappa shape index (κ2) is 8.91. The predicted octanol–water partition coefficient (Wildman–Crippen LogP) is 3.27. The molecule has 1 aromatic carbocycles. The van der Waals surface area contributed by atoms with Crippen molar-refractivity contribution in [3.8, 4) is 21.7 Å². The Kier molecular flexibility index (Phi) is 5.89. The second-order valence-electron chi connectivity index (χ2n) is 6.84. The van der Waals surface area contributed by atoms with E-state index in [9.17, 15) is 9.59 Å². The van der Waals surface area contributed by atoms with Crippen molar-refractivity contribution >= 4 is 34.9 Å². The Morgan fingerprint density at radius 2 is 2.10 bits per heavy atom. The van der Waals surface area contributed by atoms with E-state index in [1.807, 2.05) is 41.8 Å². The van der Waals surface area contributed by atoms with Crippen molar-refractivity contribution in [1.82, 2.24) is 20.2 Å². The number of carbonyl (C=O) groups is 2. The number of rotatable bonds is 7. The topological polar surface area (TPSA) is 99.3 Å². The number of hydrogen-bond acceptors (Lipinski definition) is 6. The third-order valence-electron chi connectivity index (χ3n) is 4.67. The third-order valence-corrected chi connectivity index (χ3v) is 5.55. The molecular formula is C21H22N6O2S. The van der Waals surface area contributed by atoms with Gasteiger partial charge in [-0.1, -0.05) is 18.2 Å². The van der Waals surface area contributed by atoms with Gasteiger partial charge in [0.15, 0.2) is 0 Å². The van der Waals surface area contributed by atoms with Gasteiger partial charge in [0.1, 0.15) is 0 Å². The molecule has 3 aromatic rings. The summed E-state index contributed by atoms with van der Waals surface area (Å²) in [6, 6.07) is 11.6. The molecule has 3 N–H and O–H groups in total. The van der Waals surface area contributed by atoms with Crippen molar-refractivity contribution in [2.75, 3.05) is 36.8 Å². The number of thiophene rings is 1. The number of urea groups is 1. The summed E-state index contributed by atoms with van der Waals surface area (Å²) in [5, 5.41) is 10.8. The number of nitrogens with zero attached hydrogens (tertiary/aromatic N) is 3. The van der Waals surface area contributed by atoms with E-state index in [0.29, 0.717) is 25.6 Å². The van der Waals surface area contributed by atoms with E-state index >= 15 is 0 Å². The molecule has 9 heteroatoms. The van der Waals surface area contributed by atoms with Gasteiger partial charge >= 0.3 is 6.03 Å². The maximum absolute atomic E-state index is 11.6. The molecule has 0 unspecified atom stereocenters. The highest BCUT2D eigenvalue weighted by atomic mass is 32.1. The lowest BCUT2D eigenvalue weighted by molar-refractivity contribution is -0.114. The Balaban J connectivity index is 1.55. The molecule has 2 aromatic heterocycles. The summed E-state index contributed by atoms with van der Waals surface area (Å²) in [7, 11) is 0. The minimum atomic E-state index is -0.104. The van der Waals surface area contributed by atoms with Crippen LogP contribution in [-0.4, -0.2) is 53.0 Å². The van der Waals surface area contributed by atoms with Gasteiger partial charge in [-0.25, -0.2) is 14.8 Å². The summed E-state index contributed by atoms with van der Waals surface area (Å²) in [6.45, 7) is 4.05. The summed E-state index contributed by atoms with van der Waals surface area (Å²) in [5.41, 5.74) is 3.46. The molecule has 8 nitrogen and oxygen atoms in total. The Hall–Kier alpha value is -3.46. The van der Waals surface area contributed by atoms with Crippen molar-refractivity contribution in [1.29, 1.82) is 0 Å². The monoisotopic (exact) mass is 422 g/mol. The number of anilines is 2. The van der Waals surface area contributed by atoms with Crippen LogP contribution in [0, 0.1) is 0 Å². The molecule has 0 atom stereocenters. The fourth-order valence-electron chi connectivity index (χ4n) is 3.24. The Labute approximate surface area is 178 Å². The highest BCUT2D eigenvalue weighted by molar-refractivity contribution is 7.13. The minimum absolute atomic E-state index is 0.0324. The van der Waals surface area contributed by atoms with Gasteiger partial charge in [-0.3, -0.25) is 4.79 Å². The maximum Gasteiger partial charge on any atom is 0.317 e. The number of hydrogen-bond donors (Lipinski definition) is 3. The first kappa shape index (κ1) is 19.8. The standard InChI is InChI=1S/C21H22N6O2S/c1-14(28)25-16-6-4-15(5-7-16)17-13-24-20(26-19(17)18-3-2-12-30-18)22-8-10-27-11-9-23-21(27)29/h2-7,12-13H,8-11H2,1H3,(H,23,29)(H,25,28)(H,22,24,26). The second-order valence-corrected chi connectivity index (χ2v) is 7.79. The predicted molar refractivity (Wildman–Crippen MR) is 119 cm³/mol.